The lowest BCUT2D eigenvalue weighted by Crippen LogP contribution is -2.29. The number of carbonyl (C=O) groups excluding carboxylic acids is 1. The lowest BCUT2D eigenvalue weighted by Gasteiger charge is -2.15. The van der Waals surface area contributed by atoms with Gasteiger partial charge in [0, 0.05) is 13.1 Å². The van der Waals surface area contributed by atoms with Crippen molar-refractivity contribution in [3.05, 3.63) is 28.7 Å². The van der Waals surface area contributed by atoms with E-state index in [4.69, 9.17) is 9.05 Å². The Labute approximate surface area is 122 Å². The summed E-state index contributed by atoms with van der Waals surface area (Å²) in [4.78, 5) is 18.7. The van der Waals surface area contributed by atoms with Gasteiger partial charge in [0.15, 0.2) is 5.82 Å². The van der Waals surface area contributed by atoms with E-state index < -0.39 is 0 Å². The molecule has 1 amide bonds. The molecule has 7 nitrogen and oxygen atoms in total. The van der Waals surface area contributed by atoms with Crippen LogP contribution in [0.25, 0.3) is 0 Å². The van der Waals surface area contributed by atoms with Crippen LogP contribution < -0.4 is 0 Å². The Hall–Kier alpha value is -2.18. The molecular weight excluding hydrogens is 272 g/mol. The smallest absolute Gasteiger partial charge is 0.259 e. The maximum absolute atomic E-state index is 12.6. The minimum Gasteiger partial charge on any atom is -0.361 e. The highest BCUT2D eigenvalue weighted by atomic mass is 16.5. The summed E-state index contributed by atoms with van der Waals surface area (Å²) in [5.74, 6) is 1.90. The minimum atomic E-state index is -0.0238. The Kier molecular flexibility index (Phi) is 3.48. The Balaban J connectivity index is 1.76. The van der Waals surface area contributed by atoms with E-state index in [0.29, 0.717) is 42.5 Å². The molecule has 1 atom stereocenters. The quantitative estimate of drug-likeness (QED) is 0.857. The van der Waals surface area contributed by atoms with E-state index in [1.165, 1.54) is 0 Å². The SMILES string of the molecule is CCc1noc(C)c1C(=O)N1CC[C@@H](c2nc(C)no2)C1. The van der Waals surface area contributed by atoms with Crippen molar-refractivity contribution in [2.24, 2.45) is 0 Å². The third kappa shape index (κ3) is 2.43. The van der Waals surface area contributed by atoms with Crippen molar-refractivity contribution in [1.29, 1.82) is 0 Å². The maximum atomic E-state index is 12.6. The van der Waals surface area contributed by atoms with Crippen LogP contribution in [0.3, 0.4) is 0 Å². The summed E-state index contributed by atoms with van der Waals surface area (Å²) in [6.45, 7) is 6.79. The number of hydrogen-bond donors (Lipinski definition) is 0. The normalized spacial score (nSPS) is 18.4. The summed E-state index contributed by atoms with van der Waals surface area (Å²) in [7, 11) is 0. The second-order valence-electron chi connectivity index (χ2n) is 5.33. The van der Waals surface area contributed by atoms with Gasteiger partial charge in [-0.2, -0.15) is 4.98 Å². The van der Waals surface area contributed by atoms with Gasteiger partial charge in [0.1, 0.15) is 11.3 Å². The monoisotopic (exact) mass is 290 g/mol. The highest BCUT2D eigenvalue weighted by Crippen LogP contribution is 2.28. The molecule has 0 radical (unpaired) electrons. The molecule has 1 aliphatic heterocycles. The van der Waals surface area contributed by atoms with Gasteiger partial charge in [-0.3, -0.25) is 4.79 Å². The number of likely N-dealkylation sites (tertiary alicyclic amines) is 1. The van der Waals surface area contributed by atoms with Crippen LogP contribution in [0.5, 0.6) is 0 Å². The Bertz CT molecular complexity index is 661. The second-order valence-corrected chi connectivity index (χ2v) is 5.33. The van der Waals surface area contributed by atoms with Crippen LogP contribution in [-0.2, 0) is 6.42 Å². The maximum Gasteiger partial charge on any atom is 0.259 e. The zero-order valence-electron chi connectivity index (χ0n) is 12.4. The summed E-state index contributed by atoms with van der Waals surface area (Å²) >= 11 is 0. The van der Waals surface area contributed by atoms with E-state index in [-0.39, 0.29) is 11.8 Å². The highest BCUT2D eigenvalue weighted by Gasteiger charge is 2.33. The molecule has 0 spiro atoms. The van der Waals surface area contributed by atoms with Gasteiger partial charge in [-0.15, -0.1) is 0 Å². The van der Waals surface area contributed by atoms with E-state index in [9.17, 15) is 4.79 Å². The molecule has 0 bridgehead atoms. The molecule has 0 unspecified atom stereocenters. The van der Waals surface area contributed by atoms with Crippen LogP contribution in [0.2, 0.25) is 0 Å². The van der Waals surface area contributed by atoms with E-state index >= 15 is 0 Å². The van der Waals surface area contributed by atoms with E-state index in [1.807, 2.05) is 11.8 Å². The van der Waals surface area contributed by atoms with Crippen LogP contribution in [0.4, 0.5) is 0 Å². The number of aromatic nitrogens is 3. The molecule has 7 heteroatoms. The van der Waals surface area contributed by atoms with Gasteiger partial charge in [0.25, 0.3) is 5.91 Å². The fourth-order valence-electron chi connectivity index (χ4n) is 2.72. The zero-order chi connectivity index (χ0) is 15.0. The van der Waals surface area contributed by atoms with Crippen molar-refractivity contribution in [2.45, 2.75) is 39.5 Å². The van der Waals surface area contributed by atoms with Gasteiger partial charge < -0.3 is 13.9 Å². The van der Waals surface area contributed by atoms with Crippen molar-refractivity contribution in [3.63, 3.8) is 0 Å². The molecule has 1 saturated heterocycles. The number of nitrogens with zero attached hydrogens (tertiary/aromatic N) is 4. The van der Waals surface area contributed by atoms with Crippen molar-refractivity contribution >= 4 is 5.91 Å². The molecule has 0 aromatic carbocycles. The first kappa shape index (κ1) is 13.8. The molecule has 3 heterocycles. The van der Waals surface area contributed by atoms with Crippen LogP contribution in [0.15, 0.2) is 9.05 Å². The zero-order valence-corrected chi connectivity index (χ0v) is 12.4. The summed E-state index contributed by atoms with van der Waals surface area (Å²) in [6.07, 6.45) is 1.51. The molecule has 2 aromatic rings. The fraction of sp³-hybridized carbons (Fsp3) is 0.571. The van der Waals surface area contributed by atoms with Gasteiger partial charge in [0.2, 0.25) is 5.89 Å². The fourth-order valence-corrected chi connectivity index (χ4v) is 2.72. The minimum absolute atomic E-state index is 0.0238. The molecular formula is C14H18N4O3. The molecule has 1 fully saturated rings. The van der Waals surface area contributed by atoms with Crippen molar-refractivity contribution < 1.29 is 13.8 Å². The first-order valence-corrected chi connectivity index (χ1v) is 7.14. The summed E-state index contributed by atoms with van der Waals surface area (Å²) in [6, 6.07) is 0. The van der Waals surface area contributed by atoms with Crippen molar-refractivity contribution in [1.82, 2.24) is 20.2 Å². The molecule has 2 aromatic heterocycles. The molecule has 112 valence electrons. The summed E-state index contributed by atoms with van der Waals surface area (Å²) < 4.78 is 10.3. The lowest BCUT2D eigenvalue weighted by atomic mass is 10.1. The summed E-state index contributed by atoms with van der Waals surface area (Å²) in [5, 5.41) is 7.75. The van der Waals surface area contributed by atoms with Gasteiger partial charge in [-0.05, 0) is 26.7 Å². The third-order valence-electron chi connectivity index (χ3n) is 3.85. The molecule has 0 aliphatic carbocycles. The number of carbonyl (C=O) groups is 1. The number of hydrogen-bond acceptors (Lipinski definition) is 6. The van der Waals surface area contributed by atoms with Gasteiger partial charge in [-0.25, -0.2) is 0 Å². The predicted molar refractivity (Wildman–Crippen MR) is 72.9 cm³/mol. The van der Waals surface area contributed by atoms with E-state index in [1.54, 1.807) is 13.8 Å². The van der Waals surface area contributed by atoms with Crippen molar-refractivity contribution in [2.75, 3.05) is 13.1 Å². The van der Waals surface area contributed by atoms with Gasteiger partial charge >= 0.3 is 0 Å². The van der Waals surface area contributed by atoms with Gasteiger partial charge in [-0.1, -0.05) is 17.2 Å². The molecule has 3 rings (SSSR count). The lowest BCUT2D eigenvalue weighted by molar-refractivity contribution is 0.0787. The predicted octanol–water partition coefficient (Wildman–Crippen LogP) is 1.87. The van der Waals surface area contributed by atoms with E-state index in [0.717, 1.165) is 12.1 Å². The van der Waals surface area contributed by atoms with Crippen LogP contribution in [0, 0.1) is 13.8 Å². The Morgan fingerprint density at radius 2 is 2.14 bits per heavy atom. The average molecular weight is 290 g/mol. The van der Waals surface area contributed by atoms with E-state index in [2.05, 4.69) is 15.3 Å². The number of rotatable bonds is 3. The van der Waals surface area contributed by atoms with Gasteiger partial charge in [0.05, 0.1) is 11.6 Å². The second kappa shape index (κ2) is 5.31. The molecule has 1 aliphatic rings. The number of aryl methyl sites for hydroxylation is 3. The Morgan fingerprint density at radius 1 is 1.33 bits per heavy atom. The Morgan fingerprint density at radius 3 is 2.81 bits per heavy atom. The van der Waals surface area contributed by atoms with Crippen molar-refractivity contribution in [3.8, 4) is 0 Å². The topological polar surface area (TPSA) is 85.3 Å². The van der Waals surface area contributed by atoms with Crippen LogP contribution in [-0.4, -0.2) is 39.2 Å². The highest BCUT2D eigenvalue weighted by molar-refractivity contribution is 5.96. The first-order valence-electron chi connectivity index (χ1n) is 7.14. The standard InChI is InChI=1S/C14H18N4O3/c1-4-11-12(8(2)20-17-11)14(19)18-6-5-10(7-18)13-15-9(3)16-21-13/h10H,4-7H2,1-3H3/t10-/m1/s1. The largest absolute Gasteiger partial charge is 0.361 e. The molecule has 0 N–H and O–H groups in total. The van der Waals surface area contributed by atoms with Crippen LogP contribution in [0.1, 0.15) is 52.8 Å². The first-order chi connectivity index (χ1) is 10.1. The third-order valence-corrected chi connectivity index (χ3v) is 3.85. The van der Waals surface area contributed by atoms with Crippen LogP contribution >= 0.6 is 0 Å². The average Bonchev–Trinajstić information content (AvgIpc) is 3.16. The summed E-state index contributed by atoms with van der Waals surface area (Å²) in [5.41, 5.74) is 1.31. The number of amides is 1. The molecule has 21 heavy (non-hydrogen) atoms. The molecule has 0 saturated carbocycles.